The number of para-hydroxylation sites is 1. The van der Waals surface area contributed by atoms with E-state index in [0.29, 0.717) is 11.7 Å². The fraction of sp³-hybridized carbons (Fsp3) is 0.385. The molecule has 20 heavy (non-hydrogen) atoms. The van der Waals surface area contributed by atoms with E-state index in [2.05, 4.69) is 15.5 Å². The van der Waals surface area contributed by atoms with Crippen molar-refractivity contribution in [2.24, 2.45) is 7.05 Å². The fourth-order valence-corrected chi connectivity index (χ4v) is 2.64. The van der Waals surface area contributed by atoms with Gasteiger partial charge >= 0.3 is 0 Å². The highest BCUT2D eigenvalue weighted by molar-refractivity contribution is 8.00. The first-order chi connectivity index (χ1) is 9.63. The van der Waals surface area contributed by atoms with Gasteiger partial charge in [0.05, 0.1) is 5.25 Å². The molecule has 0 N–H and O–H groups in total. The number of rotatable bonds is 5. The van der Waals surface area contributed by atoms with Gasteiger partial charge in [-0.3, -0.25) is 4.79 Å². The molecular formula is C13H17N5OS. The Balaban J connectivity index is 2.11. The third-order valence-corrected chi connectivity index (χ3v) is 3.97. The van der Waals surface area contributed by atoms with Gasteiger partial charge in [-0.2, -0.15) is 0 Å². The van der Waals surface area contributed by atoms with Crippen LogP contribution in [0.25, 0.3) is 0 Å². The second kappa shape index (κ2) is 6.51. The SMILES string of the molecule is CCN(C(=O)C(C)Sc1nnnn1C)c1ccccc1. The van der Waals surface area contributed by atoms with Crippen LogP contribution in [0.2, 0.25) is 0 Å². The predicted octanol–water partition coefficient (Wildman–Crippen LogP) is 1.74. The molecule has 1 atom stereocenters. The molecule has 0 spiro atoms. The summed E-state index contributed by atoms with van der Waals surface area (Å²) in [7, 11) is 1.76. The molecule has 0 fully saturated rings. The largest absolute Gasteiger partial charge is 0.312 e. The Bertz CT molecular complexity index is 571. The number of tetrazole rings is 1. The average Bonchev–Trinajstić information content (AvgIpc) is 2.86. The summed E-state index contributed by atoms with van der Waals surface area (Å²) in [6, 6.07) is 9.65. The molecule has 106 valence electrons. The van der Waals surface area contributed by atoms with E-state index in [4.69, 9.17) is 0 Å². The van der Waals surface area contributed by atoms with Crippen LogP contribution in [0.15, 0.2) is 35.5 Å². The molecule has 0 saturated heterocycles. The minimum Gasteiger partial charge on any atom is -0.312 e. The minimum atomic E-state index is -0.250. The van der Waals surface area contributed by atoms with Gasteiger partial charge in [0, 0.05) is 19.3 Å². The smallest absolute Gasteiger partial charge is 0.240 e. The summed E-state index contributed by atoms with van der Waals surface area (Å²) >= 11 is 1.36. The first-order valence-electron chi connectivity index (χ1n) is 6.39. The van der Waals surface area contributed by atoms with Crippen LogP contribution in [-0.2, 0) is 11.8 Å². The van der Waals surface area contributed by atoms with Crippen LogP contribution >= 0.6 is 11.8 Å². The Morgan fingerprint density at radius 2 is 2.10 bits per heavy atom. The van der Waals surface area contributed by atoms with Gasteiger partial charge in [0.15, 0.2) is 0 Å². The molecule has 0 aliphatic carbocycles. The average molecular weight is 291 g/mol. The zero-order valence-electron chi connectivity index (χ0n) is 11.7. The van der Waals surface area contributed by atoms with E-state index in [1.54, 1.807) is 16.6 Å². The van der Waals surface area contributed by atoms with Crippen molar-refractivity contribution in [3.63, 3.8) is 0 Å². The van der Waals surface area contributed by atoms with Crippen molar-refractivity contribution in [3.8, 4) is 0 Å². The molecule has 0 radical (unpaired) electrons. The summed E-state index contributed by atoms with van der Waals surface area (Å²) in [6.45, 7) is 4.46. The third kappa shape index (κ3) is 3.16. The van der Waals surface area contributed by atoms with E-state index in [1.807, 2.05) is 44.2 Å². The quantitative estimate of drug-likeness (QED) is 0.785. The van der Waals surface area contributed by atoms with Crippen LogP contribution in [0.4, 0.5) is 5.69 Å². The van der Waals surface area contributed by atoms with Gasteiger partial charge in [0.2, 0.25) is 11.1 Å². The van der Waals surface area contributed by atoms with E-state index < -0.39 is 0 Å². The van der Waals surface area contributed by atoms with Crippen molar-refractivity contribution in [1.82, 2.24) is 20.2 Å². The molecule has 1 aromatic carbocycles. The maximum absolute atomic E-state index is 12.5. The number of benzene rings is 1. The molecule has 7 heteroatoms. The number of nitrogens with zero attached hydrogens (tertiary/aromatic N) is 5. The van der Waals surface area contributed by atoms with Crippen molar-refractivity contribution in [1.29, 1.82) is 0 Å². The first kappa shape index (κ1) is 14.5. The van der Waals surface area contributed by atoms with Crippen LogP contribution in [-0.4, -0.2) is 37.9 Å². The van der Waals surface area contributed by atoms with Gasteiger partial charge in [0.1, 0.15) is 0 Å². The molecule has 2 aromatic rings. The number of aromatic nitrogens is 4. The zero-order chi connectivity index (χ0) is 14.5. The summed E-state index contributed by atoms with van der Waals surface area (Å²) in [5, 5.41) is 11.6. The van der Waals surface area contributed by atoms with Gasteiger partial charge in [0.25, 0.3) is 0 Å². The van der Waals surface area contributed by atoms with Crippen molar-refractivity contribution in [3.05, 3.63) is 30.3 Å². The topological polar surface area (TPSA) is 63.9 Å². The number of hydrogen-bond donors (Lipinski definition) is 0. The Hall–Kier alpha value is -1.89. The van der Waals surface area contributed by atoms with Crippen LogP contribution < -0.4 is 4.90 Å². The molecule has 0 bridgehead atoms. The first-order valence-corrected chi connectivity index (χ1v) is 7.27. The Kier molecular flexibility index (Phi) is 4.73. The Morgan fingerprint density at radius 3 is 2.65 bits per heavy atom. The lowest BCUT2D eigenvalue weighted by Gasteiger charge is -2.23. The Morgan fingerprint density at radius 1 is 1.40 bits per heavy atom. The number of thioether (sulfide) groups is 1. The Labute approximate surface area is 122 Å². The van der Waals surface area contributed by atoms with Crippen LogP contribution in [0, 0.1) is 0 Å². The van der Waals surface area contributed by atoms with E-state index in [0.717, 1.165) is 5.69 Å². The van der Waals surface area contributed by atoms with Crippen LogP contribution in [0.3, 0.4) is 0 Å². The fourth-order valence-electron chi connectivity index (χ4n) is 1.82. The molecule has 1 amide bonds. The van der Waals surface area contributed by atoms with Gasteiger partial charge in [-0.1, -0.05) is 30.0 Å². The van der Waals surface area contributed by atoms with E-state index in [-0.39, 0.29) is 11.2 Å². The molecule has 1 unspecified atom stereocenters. The minimum absolute atomic E-state index is 0.0479. The molecular weight excluding hydrogens is 274 g/mol. The lowest BCUT2D eigenvalue weighted by Crippen LogP contribution is -2.36. The molecule has 1 heterocycles. The molecule has 2 rings (SSSR count). The number of carbonyl (C=O) groups excluding carboxylic acids is 1. The lowest BCUT2D eigenvalue weighted by atomic mass is 10.2. The molecule has 1 aromatic heterocycles. The summed E-state index contributed by atoms with van der Waals surface area (Å²) in [5.41, 5.74) is 0.906. The van der Waals surface area contributed by atoms with Crippen LogP contribution in [0.1, 0.15) is 13.8 Å². The predicted molar refractivity (Wildman–Crippen MR) is 78.6 cm³/mol. The monoisotopic (exact) mass is 291 g/mol. The number of hydrogen-bond acceptors (Lipinski definition) is 5. The van der Waals surface area contributed by atoms with Gasteiger partial charge in [-0.15, -0.1) is 5.10 Å². The maximum Gasteiger partial charge on any atom is 0.240 e. The summed E-state index contributed by atoms with van der Waals surface area (Å²) < 4.78 is 1.56. The van der Waals surface area contributed by atoms with Crippen molar-refractivity contribution in [2.75, 3.05) is 11.4 Å². The van der Waals surface area contributed by atoms with Gasteiger partial charge in [-0.05, 0) is 36.4 Å². The number of anilines is 1. The van der Waals surface area contributed by atoms with Crippen LogP contribution in [0.5, 0.6) is 0 Å². The van der Waals surface area contributed by atoms with E-state index >= 15 is 0 Å². The normalized spacial score (nSPS) is 12.2. The number of amides is 1. The van der Waals surface area contributed by atoms with Gasteiger partial charge < -0.3 is 4.90 Å². The molecule has 0 aliphatic heterocycles. The standard InChI is InChI=1S/C13H17N5OS/c1-4-18(11-8-6-5-7-9-11)12(19)10(2)20-13-14-15-16-17(13)3/h5-10H,4H2,1-3H3. The second-order valence-electron chi connectivity index (χ2n) is 4.26. The van der Waals surface area contributed by atoms with Crippen molar-refractivity contribution < 1.29 is 4.79 Å². The summed E-state index contributed by atoms with van der Waals surface area (Å²) in [5.74, 6) is 0.0479. The second-order valence-corrected chi connectivity index (χ2v) is 5.57. The molecule has 6 nitrogen and oxygen atoms in total. The summed E-state index contributed by atoms with van der Waals surface area (Å²) in [4.78, 5) is 14.3. The molecule has 0 aliphatic rings. The van der Waals surface area contributed by atoms with E-state index in [9.17, 15) is 4.79 Å². The maximum atomic E-state index is 12.5. The highest BCUT2D eigenvalue weighted by Crippen LogP contribution is 2.23. The van der Waals surface area contributed by atoms with E-state index in [1.165, 1.54) is 11.8 Å². The third-order valence-electron chi connectivity index (χ3n) is 2.86. The summed E-state index contributed by atoms with van der Waals surface area (Å²) in [6.07, 6.45) is 0. The molecule has 0 saturated carbocycles. The van der Waals surface area contributed by atoms with Crippen molar-refractivity contribution in [2.45, 2.75) is 24.3 Å². The highest BCUT2D eigenvalue weighted by atomic mass is 32.2. The lowest BCUT2D eigenvalue weighted by molar-refractivity contribution is -0.117. The highest BCUT2D eigenvalue weighted by Gasteiger charge is 2.23. The zero-order valence-corrected chi connectivity index (χ0v) is 12.5. The number of carbonyl (C=O) groups is 1. The van der Waals surface area contributed by atoms with Gasteiger partial charge in [-0.25, -0.2) is 4.68 Å². The number of aryl methyl sites for hydroxylation is 1. The van der Waals surface area contributed by atoms with Crippen molar-refractivity contribution >= 4 is 23.4 Å².